The first-order valence-electron chi connectivity index (χ1n) is 6.35. The zero-order chi connectivity index (χ0) is 13.8. The highest BCUT2D eigenvalue weighted by atomic mass is 19.1. The van der Waals surface area contributed by atoms with E-state index in [0.717, 1.165) is 22.4 Å². The molecule has 0 spiro atoms. The smallest absolute Gasteiger partial charge is 0.123 e. The van der Waals surface area contributed by atoms with Crippen molar-refractivity contribution in [2.75, 3.05) is 0 Å². The summed E-state index contributed by atoms with van der Waals surface area (Å²) < 4.78 is 18.9. The number of rotatable bonds is 4. The van der Waals surface area contributed by atoms with Gasteiger partial charge in [-0.2, -0.15) is 0 Å². The standard InChI is InChI=1S/C16H18FNO/c1-11(2)19-15-5-3-4-12(9-15)16-7-6-14(17)8-13(16)10-18/h3-9,11H,10,18H2,1-2H3. The molecule has 0 aliphatic heterocycles. The lowest BCUT2D eigenvalue weighted by molar-refractivity contribution is 0.242. The molecule has 0 unspecified atom stereocenters. The third-order valence-electron chi connectivity index (χ3n) is 2.80. The summed E-state index contributed by atoms with van der Waals surface area (Å²) in [6, 6.07) is 12.4. The van der Waals surface area contributed by atoms with E-state index in [-0.39, 0.29) is 11.9 Å². The minimum absolute atomic E-state index is 0.123. The van der Waals surface area contributed by atoms with E-state index in [1.165, 1.54) is 12.1 Å². The Morgan fingerprint density at radius 3 is 2.63 bits per heavy atom. The van der Waals surface area contributed by atoms with Crippen LogP contribution in [0.5, 0.6) is 5.75 Å². The quantitative estimate of drug-likeness (QED) is 0.907. The molecule has 0 bridgehead atoms. The van der Waals surface area contributed by atoms with Crippen LogP contribution in [-0.2, 0) is 6.54 Å². The third kappa shape index (κ3) is 3.32. The number of halogens is 1. The molecule has 0 radical (unpaired) electrons. The molecule has 0 atom stereocenters. The third-order valence-corrected chi connectivity index (χ3v) is 2.80. The van der Waals surface area contributed by atoms with Crippen LogP contribution in [0, 0.1) is 5.82 Å². The summed E-state index contributed by atoms with van der Waals surface area (Å²) in [5.74, 6) is 0.540. The van der Waals surface area contributed by atoms with Crippen molar-refractivity contribution in [1.82, 2.24) is 0 Å². The summed E-state index contributed by atoms with van der Waals surface area (Å²) >= 11 is 0. The lowest BCUT2D eigenvalue weighted by Gasteiger charge is -2.12. The minimum Gasteiger partial charge on any atom is -0.491 e. The molecule has 0 heterocycles. The minimum atomic E-state index is -0.265. The number of hydrogen-bond donors (Lipinski definition) is 1. The van der Waals surface area contributed by atoms with Crippen molar-refractivity contribution in [3.8, 4) is 16.9 Å². The van der Waals surface area contributed by atoms with E-state index < -0.39 is 0 Å². The SMILES string of the molecule is CC(C)Oc1cccc(-c2ccc(F)cc2CN)c1. The average Bonchev–Trinajstić information content (AvgIpc) is 2.38. The van der Waals surface area contributed by atoms with E-state index in [9.17, 15) is 4.39 Å². The Bertz CT molecular complexity index is 566. The van der Waals surface area contributed by atoms with Crippen LogP contribution in [0.3, 0.4) is 0 Å². The van der Waals surface area contributed by atoms with Crippen molar-refractivity contribution in [2.45, 2.75) is 26.5 Å². The monoisotopic (exact) mass is 259 g/mol. The number of hydrogen-bond acceptors (Lipinski definition) is 2. The predicted molar refractivity (Wildman–Crippen MR) is 75.5 cm³/mol. The maximum atomic E-state index is 13.2. The van der Waals surface area contributed by atoms with Gasteiger partial charge in [-0.1, -0.05) is 18.2 Å². The molecule has 0 amide bonds. The Morgan fingerprint density at radius 2 is 1.95 bits per heavy atom. The van der Waals surface area contributed by atoms with E-state index in [1.54, 1.807) is 6.07 Å². The second-order valence-electron chi connectivity index (χ2n) is 4.70. The van der Waals surface area contributed by atoms with Gasteiger partial charge in [-0.3, -0.25) is 0 Å². The highest BCUT2D eigenvalue weighted by Gasteiger charge is 2.07. The van der Waals surface area contributed by atoms with Crippen LogP contribution >= 0.6 is 0 Å². The first-order valence-corrected chi connectivity index (χ1v) is 6.35. The average molecular weight is 259 g/mol. The van der Waals surface area contributed by atoms with Gasteiger partial charge in [0.1, 0.15) is 11.6 Å². The number of benzene rings is 2. The van der Waals surface area contributed by atoms with Crippen LogP contribution in [0.25, 0.3) is 11.1 Å². The first-order chi connectivity index (χ1) is 9.10. The van der Waals surface area contributed by atoms with Gasteiger partial charge in [-0.15, -0.1) is 0 Å². The summed E-state index contributed by atoms with van der Waals surface area (Å²) in [6.07, 6.45) is 0.123. The van der Waals surface area contributed by atoms with Gasteiger partial charge in [0.05, 0.1) is 6.10 Å². The summed E-state index contributed by atoms with van der Waals surface area (Å²) in [6.45, 7) is 4.27. The van der Waals surface area contributed by atoms with Crippen LogP contribution in [0.15, 0.2) is 42.5 Å². The molecule has 0 aliphatic rings. The molecule has 0 aliphatic carbocycles. The fourth-order valence-corrected chi connectivity index (χ4v) is 2.02. The maximum absolute atomic E-state index is 13.2. The molecular weight excluding hydrogens is 241 g/mol. The lowest BCUT2D eigenvalue weighted by atomic mass is 9.99. The van der Waals surface area contributed by atoms with Crippen LogP contribution in [-0.4, -0.2) is 6.10 Å². The van der Waals surface area contributed by atoms with Crippen molar-refractivity contribution in [3.63, 3.8) is 0 Å². The van der Waals surface area contributed by atoms with Crippen LogP contribution in [0.4, 0.5) is 4.39 Å². The highest BCUT2D eigenvalue weighted by Crippen LogP contribution is 2.27. The van der Waals surface area contributed by atoms with Crippen LogP contribution < -0.4 is 10.5 Å². The molecule has 2 rings (SSSR count). The Hall–Kier alpha value is -1.87. The fraction of sp³-hybridized carbons (Fsp3) is 0.250. The van der Waals surface area contributed by atoms with Gasteiger partial charge in [-0.05, 0) is 54.8 Å². The van der Waals surface area contributed by atoms with E-state index in [0.29, 0.717) is 6.54 Å². The second-order valence-corrected chi connectivity index (χ2v) is 4.70. The summed E-state index contributed by atoms with van der Waals surface area (Å²) in [5.41, 5.74) is 8.40. The van der Waals surface area contributed by atoms with Gasteiger partial charge in [0, 0.05) is 6.54 Å². The van der Waals surface area contributed by atoms with Crippen LogP contribution in [0.2, 0.25) is 0 Å². The van der Waals surface area contributed by atoms with Crippen molar-refractivity contribution < 1.29 is 9.13 Å². The molecule has 2 N–H and O–H groups in total. The molecule has 2 nitrogen and oxygen atoms in total. The van der Waals surface area contributed by atoms with Crippen molar-refractivity contribution in [1.29, 1.82) is 0 Å². The molecule has 2 aromatic carbocycles. The topological polar surface area (TPSA) is 35.2 Å². The van der Waals surface area contributed by atoms with Crippen molar-refractivity contribution in [3.05, 3.63) is 53.8 Å². The molecule has 3 heteroatoms. The van der Waals surface area contributed by atoms with Gasteiger partial charge >= 0.3 is 0 Å². The zero-order valence-corrected chi connectivity index (χ0v) is 11.2. The summed E-state index contributed by atoms with van der Waals surface area (Å²) in [7, 11) is 0. The fourth-order valence-electron chi connectivity index (χ4n) is 2.02. The molecule has 19 heavy (non-hydrogen) atoms. The molecule has 0 saturated heterocycles. The van der Waals surface area contributed by atoms with Crippen molar-refractivity contribution >= 4 is 0 Å². The maximum Gasteiger partial charge on any atom is 0.123 e. The van der Waals surface area contributed by atoms with Gasteiger partial charge in [-0.25, -0.2) is 4.39 Å². The normalized spacial score (nSPS) is 10.8. The van der Waals surface area contributed by atoms with Gasteiger partial charge in [0.2, 0.25) is 0 Å². The van der Waals surface area contributed by atoms with Crippen molar-refractivity contribution in [2.24, 2.45) is 5.73 Å². The van der Waals surface area contributed by atoms with Gasteiger partial charge in [0.25, 0.3) is 0 Å². The van der Waals surface area contributed by atoms with Gasteiger partial charge < -0.3 is 10.5 Å². The number of ether oxygens (including phenoxy) is 1. The molecular formula is C16H18FNO. The van der Waals surface area contributed by atoms with Gasteiger partial charge in [0.15, 0.2) is 0 Å². The van der Waals surface area contributed by atoms with E-state index in [4.69, 9.17) is 10.5 Å². The molecule has 0 saturated carbocycles. The first kappa shape index (κ1) is 13.6. The zero-order valence-electron chi connectivity index (χ0n) is 11.2. The Balaban J connectivity index is 2.41. The Kier molecular flexibility index (Phi) is 4.17. The Morgan fingerprint density at radius 1 is 1.16 bits per heavy atom. The van der Waals surface area contributed by atoms with Crippen LogP contribution in [0.1, 0.15) is 19.4 Å². The highest BCUT2D eigenvalue weighted by molar-refractivity contribution is 5.68. The summed E-state index contributed by atoms with van der Waals surface area (Å²) in [5, 5.41) is 0. The van der Waals surface area contributed by atoms with E-state index in [2.05, 4.69) is 0 Å². The predicted octanol–water partition coefficient (Wildman–Crippen LogP) is 3.74. The molecule has 100 valence electrons. The summed E-state index contributed by atoms with van der Waals surface area (Å²) in [4.78, 5) is 0. The second kappa shape index (κ2) is 5.85. The lowest BCUT2D eigenvalue weighted by Crippen LogP contribution is -2.05. The largest absolute Gasteiger partial charge is 0.491 e. The Labute approximate surface area is 113 Å². The van der Waals surface area contributed by atoms with E-state index >= 15 is 0 Å². The van der Waals surface area contributed by atoms with E-state index in [1.807, 2.05) is 38.1 Å². The number of nitrogens with two attached hydrogens (primary N) is 1. The molecule has 0 fully saturated rings. The molecule has 0 aromatic heterocycles. The molecule has 2 aromatic rings.